The van der Waals surface area contributed by atoms with E-state index in [-0.39, 0.29) is 11.9 Å². The number of carbonyl (C=O) groups excluding carboxylic acids is 1. The summed E-state index contributed by atoms with van der Waals surface area (Å²) < 4.78 is 0.816. The zero-order valence-corrected chi connectivity index (χ0v) is 16.0. The quantitative estimate of drug-likeness (QED) is 0.661. The molecule has 2 N–H and O–H groups in total. The number of thiophene rings is 1. The van der Waals surface area contributed by atoms with E-state index in [0.717, 1.165) is 22.4 Å². The lowest BCUT2D eigenvalue weighted by molar-refractivity contribution is -0.119. The van der Waals surface area contributed by atoms with Crippen LogP contribution in [0.4, 0.5) is 5.13 Å². The van der Waals surface area contributed by atoms with Crippen LogP contribution in [0.3, 0.4) is 0 Å². The van der Waals surface area contributed by atoms with E-state index in [1.807, 2.05) is 6.92 Å². The summed E-state index contributed by atoms with van der Waals surface area (Å²) in [4.78, 5) is 13.2. The Bertz CT molecular complexity index is 598. The van der Waals surface area contributed by atoms with E-state index in [9.17, 15) is 4.79 Å². The fourth-order valence-corrected chi connectivity index (χ4v) is 3.97. The van der Waals surface area contributed by atoms with Crippen LogP contribution < -0.4 is 10.6 Å². The van der Waals surface area contributed by atoms with Crippen molar-refractivity contribution < 1.29 is 4.79 Å². The Morgan fingerprint density at radius 1 is 1.35 bits per heavy atom. The molecule has 8 heteroatoms. The van der Waals surface area contributed by atoms with E-state index in [4.69, 9.17) is 0 Å². The lowest BCUT2D eigenvalue weighted by Gasteiger charge is -2.16. The van der Waals surface area contributed by atoms with Gasteiger partial charge in [0, 0.05) is 17.5 Å². The van der Waals surface area contributed by atoms with Gasteiger partial charge >= 0.3 is 0 Å². The number of aromatic nitrogens is 2. The SMILES string of the molecule is CC(C)C(C)NC(=O)CSc1nnc(NCCc2cccs2)s1. The highest BCUT2D eigenvalue weighted by Crippen LogP contribution is 2.25. The Morgan fingerprint density at radius 2 is 2.17 bits per heavy atom. The number of thioether (sulfide) groups is 1. The predicted molar refractivity (Wildman–Crippen MR) is 99.6 cm³/mol. The van der Waals surface area contributed by atoms with Crippen molar-refractivity contribution >= 4 is 45.5 Å². The zero-order chi connectivity index (χ0) is 16.7. The Balaban J connectivity index is 1.69. The molecule has 0 radical (unpaired) electrons. The molecule has 1 atom stereocenters. The largest absolute Gasteiger partial charge is 0.360 e. The van der Waals surface area contributed by atoms with Crippen molar-refractivity contribution in [1.82, 2.24) is 15.5 Å². The molecule has 5 nitrogen and oxygen atoms in total. The van der Waals surface area contributed by atoms with Crippen LogP contribution in [0.5, 0.6) is 0 Å². The van der Waals surface area contributed by atoms with Crippen LogP contribution in [0, 0.1) is 5.92 Å². The molecule has 126 valence electrons. The third-order valence-corrected chi connectivity index (χ3v) is 6.30. The van der Waals surface area contributed by atoms with Crippen LogP contribution in [-0.4, -0.2) is 34.4 Å². The van der Waals surface area contributed by atoms with Crippen LogP contribution in [0.1, 0.15) is 25.6 Å². The maximum atomic E-state index is 11.9. The van der Waals surface area contributed by atoms with Crippen molar-refractivity contribution in [1.29, 1.82) is 0 Å². The summed E-state index contributed by atoms with van der Waals surface area (Å²) in [6.07, 6.45) is 0.981. The molecule has 2 heterocycles. The van der Waals surface area contributed by atoms with Gasteiger partial charge in [0.1, 0.15) is 0 Å². The van der Waals surface area contributed by atoms with E-state index in [0.29, 0.717) is 11.7 Å². The summed E-state index contributed by atoms with van der Waals surface area (Å²) in [6.45, 7) is 7.05. The molecule has 2 aromatic heterocycles. The van der Waals surface area contributed by atoms with Crippen molar-refractivity contribution in [2.75, 3.05) is 17.6 Å². The van der Waals surface area contributed by atoms with Gasteiger partial charge in [-0.2, -0.15) is 0 Å². The minimum absolute atomic E-state index is 0.0404. The molecule has 0 aliphatic carbocycles. The summed E-state index contributed by atoms with van der Waals surface area (Å²) in [5.74, 6) is 0.851. The third-order valence-electron chi connectivity index (χ3n) is 3.35. The summed E-state index contributed by atoms with van der Waals surface area (Å²) in [7, 11) is 0. The second-order valence-corrected chi connectivity index (χ2v) is 8.75. The first kappa shape index (κ1) is 18.2. The molecule has 0 aliphatic rings. The molecule has 0 fully saturated rings. The molecular formula is C15H22N4OS3. The fourth-order valence-electron chi connectivity index (χ4n) is 1.68. The van der Waals surface area contributed by atoms with Gasteiger partial charge in [0.05, 0.1) is 5.75 Å². The van der Waals surface area contributed by atoms with Crippen LogP contribution in [0.15, 0.2) is 21.9 Å². The normalized spacial score (nSPS) is 12.3. The van der Waals surface area contributed by atoms with Gasteiger partial charge in [-0.05, 0) is 30.7 Å². The van der Waals surface area contributed by atoms with Gasteiger partial charge in [-0.1, -0.05) is 43.0 Å². The molecule has 0 saturated heterocycles. The topological polar surface area (TPSA) is 66.9 Å². The van der Waals surface area contributed by atoms with Crippen LogP contribution >= 0.6 is 34.4 Å². The lowest BCUT2D eigenvalue weighted by Crippen LogP contribution is -2.37. The molecule has 0 aliphatic heterocycles. The van der Waals surface area contributed by atoms with Gasteiger partial charge in [-0.25, -0.2) is 0 Å². The third kappa shape index (κ3) is 6.48. The van der Waals surface area contributed by atoms with E-state index in [1.54, 1.807) is 11.3 Å². The van der Waals surface area contributed by atoms with Gasteiger partial charge in [0.15, 0.2) is 4.34 Å². The van der Waals surface area contributed by atoms with E-state index >= 15 is 0 Å². The van der Waals surface area contributed by atoms with Crippen molar-refractivity contribution in [3.05, 3.63) is 22.4 Å². The number of hydrogen-bond donors (Lipinski definition) is 2. The number of anilines is 1. The zero-order valence-electron chi connectivity index (χ0n) is 13.5. The summed E-state index contributed by atoms with van der Waals surface area (Å²) in [5.41, 5.74) is 0. The highest BCUT2D eigenvalue weighted by molar-refractivity contribution is 8.01. The van der Waals surface area contributed by atoms with Crippen LogP contribution in [-0.2, 0) is 11.2 Å². The number of rotatable bonds is 9. The van der Waals surface area contributed by atoms with Gasteiger partial charge in [0.2, 0.25) is 11.0 Å². The number of carbonyl (C=O) groups is 1. The monoisotopic (exact) mass is 370 g/mol. The number of amides is 1. The second kappa shape index (κ2) is 9.24. The molecule has 0 saturated carbocycles. The predicted octanol–water partition coefficient (Wildman–Crippen LogP) is 3.51. The van der Waals surface area contributed by atoms with Gasteiger partial charge in [0.25, 0.3) is 0 Å². The number of nitrogens with one attached hydrogen (secondary N) is 2. The number of hydrogen-bond acceptors (Lipinski definition) is 7. The summed E-state index contributed by atoms with van der Waals surface area (Å²) in [6, 6.07) is 4.38. The van der Waals surface area contributed by atoms with Crippen molar-refractivity contribution in [2.24, 2.45) is 5.92 Å². The maximum Gasteiger partial charge on any atom is 0.230 e. The minimum atomic E-state index is 0.0404. The molecule has 23 heavy (non-hydrogen) atoms. The molecule has 1 unspecified atom stereocenters. The first-order chi connectivity index (χ1) is 11.0. The molecular weight excluding hydrogens is 348 g/mol. The minimum Gasteiger partial charge on any atom is -0.360 e. The standard InChI is InChI=1S/C15H22N4OS3/c1-10(2)11(3)17-13(20)9-22-15-19-18-14(23-15)16-7-6-12-5-4-8-21-12/h4-5,8,10-11H,6-7,9H2,1-3H3,(H,16,18)(H,17,20). The second-order valence-electron chi connectivity index (χ2n) is 5.52. The van der Waals surface area contributed by atoms with E-state index < -0.39 is 0 Å². The van der Waals surface area contributed by atoms with Crippen molar-refractivity contribution in [3.8, 4) is 0 Å². The number of nitrogens with zero attached hydrogens (tertiary/aromatic N) is 2. The Kier molecular flexibility index (Phi) is 7.32. The van der Waals surface area contributed by atoms with Crippen LogP contribution in [0.25, 0.3) is 0 Å². The lowest BCUT2D eigenvalue weighted by atomic mass is 10.1. The fraction of sp³-hybridized carbons (Fsp3) is 0.533. The molecule has 0 spiro atoms. The highest BCUT2D eigenvalue weighted by Gasteiger charge is 2.12. The maximum absolute atomic E-state index is 11.9. The molecule has 2 rings (SSSR count). The average molecular weight is 371 g/mol. The molecule has 0 aromatic carbocycles. The molecule has 2 aromatic rings. The van der Waals surface area contributed by atoms with Crippen LogP contribution in [0.2, 0.25) is 0 Å². The Morgan fingerprint density at radius 3 is 2.87 bits per heavy atom. The van der Waals surface area contributed by atoms with Gasteiger partial charge in [-0.3, -0.25) is 4.79 Å². The highest BCUT2D eigenvalue weighted by atomic mass is 32.2. The van der Waals surface area contributed by atoms with Crippen molar-refractivity contribution in [2.45, 2.75) is 37.6 Å². The molecule has 0 bridgehead atoms. The Labute approximate surface area is 149 Å². The van der Waals surface area contributed by atoms with Gasteiger partial charge < -0.3 is 10.6 Å². The molecule has 1 amide bonds. The summed E-state index contributed by atoms with van der Waals surface area (Å²) in [5, 5.41) is 17.4. The van der Waals surface area contributed by atoms with Gasteiger partial charge in [-0.15, -0.1) is 21.5 Å². The smallest absolute Gasteiger partial charge is 0.230 e. The van der Waals surface area contributed by atoms with E-state index in [2.05, 4.69) is 52.2 Å². The Hall–Kier alpha value is -1.12. The van der Waals surface area contributed by atoms with E-state index in [1.165, 1.54) is 28.0 Å². The van der Waals surface area contributed by atoms with Crippen molar-refractivity contribution in [3.63, 3.8) is 0 Å². The summed E-state index contributed by atoms with van der Waals surface area (Å²) >= 11 is 4.68. The average Bonchev–Trinajstić information content (AvgIpc) is 3.17. The first-order valence-corrected chi connectivity index (χ1v) is 10.2. The first-order valence-electron chi connectivity index (χ1n) is 7.56.